The lowest BCUT2D eigenvalue weighted by Gasteiger charge is -2.32. The van der Waals surface area contributed by atoms with Gasteiger partial charge in [0.2, 0.25) is 0 Å². The standard InChI is InChI=1S/C14H27N2S/c1-2-14-4-8-15(9-5-14)6-3-7-16-10-12-17-13-11-16/h2,14H,3-13H2,1H3. The van der Waals surface area contributed by atoms with E-state index in [0.717, 1.165) is 5.92 Å². The monoisotopic (exact) mass is 255 g/mol. The summed E-state index contributed by atoms with van der Waals surface area (Å²) in [6, 6.07) is 0. The van der Waals surface area contributed by atoms with Gasteiger partial charge in [0, 0.05) is 24.6 Å². The van der Waals surface area contributed by atoms with E-state index in [-0.39, 0.29) is 0 Å². The van der Waals surface area contributed by atoms with Crippen molar-refractivity contribution in [2.24, 2.45) is 5.92 Å². The zero-order valence-corrected chi connectivity index (χ0v) is 12.1. The van der Waals surface area contributed by atoms with Crippen LogP contribution in [0.1, 0.15) is 26.2 Å². The number of hydrogen-bond acceptors (Lipinski definition) is 3. The fourth-order valence-electron chi connectivity index (χ4n) is 2.85. The molecule has 0 aromatic heterocycles. The minimum absolute atomic E-state index is 0.894. The normalized spacial score (nSPS) is 25.2. The molecule has 99 valence electrons. The molecule has 2 heterocycles. The molecule has 0 unspecified atom stereocenters. The van der Waals surface area contributed by atoms with Gasteiger partial charge < -0.3 is 9.80 Å². The summed E-state index contributed by atoms with van der Waals surface area (Å²) in [6.07, 6.45) is 6.53. The highest BCUT2D eigenvalue weighted by Gasteiger charge is 2.17. The van der Waals surface area contributed by atoms with E-state index in [2.05, 4.69) is 34.9 Å². The van der Waals surface area contributed by atoms with E-state index in [1.165, 1.54) is 70.0 Å². The first kappa shape index (κ1) is 13.7. The number of nitrogens with zero attached hydrogens (tertiary/aromatic N) is 2. The van der Waals surface area contributed by atoms with E-state index in [0.29, 0.717) is 0 Å². The molecule has 2 fully saturated rings. The van der Waals surface area contributed by atoms with E-state index in [1.54, 1.807) is 0 Å². The number of rotatable bonds is 5. The molecule has 3 heteroatoms. The Hall–Kier alpha value is 0.270. The van der Waals surface area contributed by atoms with E-state index < -0.39 is 0 Å². The van der Waals surface area contributed by atoms with Gasteiger partial charge in [-0.15, -0.1) is 0 Å². The van der Waals surface area contributed by atoms with Crippen molar-refractivity contribution in [1.29, 1.82) is 0 Å². The minimum Gasteiger partial charge on any atom is -0.303 e. The molecule has 0 amide bonds. The number of piperidine rings is 1. The van der Waals surface area contributed by atoms with Crippen molar-refractivity contribution < 1.29 is 0 Å². The van der Waals surface area contributed by atoms with Crippen LogP contribution in [0.4, 0.5) is 0 Å². The van der Waals surface area contributed by atoms with Gasteiger partial charge >= 0.3 is 0 Å². The molecule has 0 aromatic carbocycles. The smallest absolute Gasteiger partial charge is 0.00727 e. The molecule has 1 radical (unpaired) electrons. The van der Waals surface area contributed by atoms with Crippen LogP contribution in [0.5, 0.6) is 0 Å². The largest absolute Gasteiger partial charge is 0.303 e. The van der Waals surface area contributed by atoms with Crippen LogP contribution in [0.25, 0.3) is 0 Å². The number of likely N-dealkylation sites (tertiary alicyclic amines) is 1. The molecule has 0 N–H and O–H groups in total. The summed E-state index contributed by atoms with van der Waals surface area (Å²) >= 11 is 2.11. The summed E-state index contributed by atoms with van der Waals surface area (Å²) in [5.41, 5.74) is 0. The van der Waals surface area contributed by atoms with Gasteiger partial charge in [0.1, 0.15) is 0 Å². The van der Waals surface area contributed by atoms with Gasteiger partial charge in [0.15, 0.2) is 0 Å². The van der Waals surface area contributed by atoms with E-state index in [4.69, 9.17) is 0 Å². The maximum atomic E-state index is 2.67. The predicted molar refractivity (Wildman–Crippen MR) is 77.5 cm³/mol. The Bertz CT molecular complexity index is 196. The first-order valence-electron chi connectivity index (χ1n) is 7.20. The highest BCUT2D eigenvalue weighted by molar-refractivity contribution is 7.99. The molecule has 2 nitrogen and oxygen atoms in total. The molecule has 2 saturated heterocycles. The summed E-state index contributed by atoms with van der Waals surface area (Å²) in [7, 11) is 0. The molecule has 0 saturated carbocycles. The van der Waals surface area contributed by atoms with Crippen LogP contribution in [0.2, 0.25) is 0 Å². The van der Waals surface area contributed by atoms with Crippen LogP contribution in [-0.4, -0.2) is 60.6 Å². The van der Waals surface area contributed by atoms with Gasteiger partial charge in [0.05, 0.1) is 0 Å². The second-order valence-electron chi connectivity index (χ2n) is 5.32. The van der Waals surface area contributed by atoms with Crippen molar-refractivity contribution in [2.45, 2.75) is 26.2 Å². The van der Waals surface area contributed by atoms with Crippen LogP contribution in [0, 0.1) is 12.3 Å². The SMILES string of the molecule is C[CH]C1CCN(CCCN2CCSCC2)CC1. The number of thioether (sulfide) groups is 1. The zero-order chi connectivity index (χ0) is 11.9. The van der Waals surface area contributed by atoms with Crippen LogP contribution >= 0.6 is 11.8 Å². The minimum atomic E-state index is 0.894. The van der Waals surface area contributed by atoms with Crippen LogP contribution in [-0.2, 0) is 0 Å². The molecule has 0 spiro atoms. The Kier molecular flexibility index (Phi) is 6.16. The molecular weight excluding hydrogens is 228 g/mol. The van der Waals surface area contributed by atoms with E-state index >= 15 is 0 Å². The first-order chi connectivity index (χ1) is 8.38. The van der Waals surface area contributed by atoms with Crippen molar-refractivity contribution in [3.8, 4) is 0 Å². The molecule has 17 heavy (non-hydrogen) atoms. The molecule has 0 bridgehead atoms. The van der Waals surface area contributed by atoms with Crippen LogP contribution < -0.4 is 0 Å². The lowest BCUT2D eigenvalue weighted by atomic mass is 9.94. The van der Waals surface area contributed by atoms with Gasteiger partial charge in [-0.3, -0.25) is 0 Å². The summed E-state index contributed by atoms with van der Waals surface area (Å²) in [4.78, 5) is 5.31. The van der Waals surface area contributed by atoms with Gasteiger partial charge in [-0.1, -0.05) is 6.92 Å². The Morgan fingerprint density at radius 1 is 1.00 bits per heavy atom. The average molecular weight is 255 g/mol. The van der Waals surface area contributed by atoms with Crippen LogP contribution in [0.3, 0.4) is 0 Å². The Balaban J connectivity index is 1.53. The van der Waals surface area contributed by atoms with Crippen LogP contribution in [0.15, 0.2) is 0 Å². The Morgan fingerprint density at radius 3 is 2.18 bits per heavy atom. The zero-order valence-electron chi connectivity index (χ0n) is 11.2. The second-order valence-corrected chi connectivity index (χ2v) is 6.54. The molecule has 2 aliphatic heterocycles. The fourth-order valence-corrected chi connectivity index (χ4v) is 3.83. The maximum Gasteiger partial charge on any atom is 0.00727 e. The molecular formula is C14H27N2S. The summed E-state index contributed by atoms with van der Waals surface area (Å²) < 4.78 is 0. The highest BCUT2D eigenvalue weighted by atomic mass is 32.2. The van der Waals surface area contributed by atoms with E-state index in [1.807, 2.05) is 0 Å². The van der Waals surface area contributed by atoms with Crippen molar-refractivity contribution in [2.75, 3.05) is 50.8 Å². The van der Waals surface area contributed by atoms with Crippen molar-refractivity contribution in [3.63, 3.8) is 0 Å². The van der Waals surface area contributed by atoms with Crippen molar-refractivity contribution in [3.05, 3.63) is 6.42 Å². The number of hydrogen-bond donors (Lipinski definition) is 0. The quantitative estimate of drug-likeness (QED) is 0.745. The highest BCUT2D eigenvalue weighted by Crippen LogP contribution is 2.19. The van der Waals surface area contributed by atoms with E-state index in [9.17, 15) is 0 Å². The van der Waals surface area contributed by atoms with Crippen molar-refractivity contribution in [1.82, 2.24) is 9.80 Å². The summed E-state index contributed by atoms with van der Waals surface area (Å²) in [5.74, 6) is 3.58. The third-order valence-corrected chi connectivity index (χ3v) is 5.10. The lowest BCUT2D eigenvalue weighted by molar-refractivity contribution is 0.183. The Morgan fingerprint density at radius 2 is 1.59 bits per heavy atom. The Labute approximate surface area is 111 Å². The third kappa shape index (κ3) is 4.80. The van der Waals surface area contributed by atoms with Gasteiger partial charge in [-0.25, -0.2) is 0 Å². The average Bonchev–Trinajstić information content (AvgIpc) is 2.41. The molecule has 0 aromatic rings. The van der Waals surface area contributed by atoms with Crippen molar-refractivity contribution >= 4 is 11.8 Å². The predicted octanol–water partition coefficient (Wildman–Crippen LogP) is 2.36. The maximum absolute atomic E-state index is 2.67. The topological polar surface area (TPSA) is 6.48 Å². The second kappa shape index (κ2) is 7.65. The third-order valence-electron chi connectivity index (χ3n) is 4.16. The first-order valence-corrected chi connectivity index (χ1v) is 8.36. The lowest BCUT2D eigenvalue weighted by Crippen LogP contribution is -2.38. The van der Waals surface area contributed by atoms with Gasteiger partial charge in [-0.05, 0) is 57.8 Å². The molecule has 0 aliphatic carbocycles. The molecule has 2 aliphatic rings. The van der Waals surface area contributed by atoms with Gasteiger partial charge in [-0.2, -0.15) is 11.8 Å². The molecule has 2 rings (SSSR count). The summed E-state index contributed by atoms with van der Waals surface area (Å²) in [6.45, 7) is 10.1. The molecule has 0 atom stereocenters. The fraction of sp³-hybridized carbons (Fsp3) is 0.929. The van der Waals surface area contributed by atoms with Gasteiger partial charge in [0.25, 0.3) is 0 Å². The summed E-state index contributed by atoms with van der Waals surface area (Å²) in [5, 5.41) is 0.